The van der Waals surface area contributed by atoms with Gasteiger partial charge in [0, 0.05) is 6.42 Å². The second-order valence-electron chi connectivity index (χ2n) is 2.77. The maximum absolute atomic E-state index is 13.1. The molecule has 1 unspecified atom stereocenters. The second kappa shape index (κ2) is 5.11. The molecule has 0 spiro atoms. The van der Waals surface area contributed by atoms with Crippen molar-refractivity contribution in [1.29, 1.82) is 0 Å². The number of hydrogen-bond acceptors (Lipinski definition) is 2. The fraction of sp³-hybridized carbons (Fsp3) is 0.200. The normalized spacial score (nSPS) is 12.1. The van der Waals surface area contributed by atoms with Crippen LogP contribution in [0.15, 0.2) is 22.7 Å². The predicted octanol–water partition coefficient (Wildman–Crippen LogP) is 2.12. The van der Waals surface area contributed by atoms with Gasteiger partial charge >= 0.3 is 0 Å². The zero-order chi connectivity index (χ0) is 10.6. The van der Waals surface area contributed by atoms with E-state index < -0.39 is 0 Å². The highest BCUT2D eigenvalue weighted by Gasteiger charge is 2.13. The first-order valence-corrected chi connectivity index (χ1v) is 4.83. The molecule has 0 fully saturated rings. The summed E-state index contributed by atoms with van der Waals surface area (Å²) in [5.41, 5.74) is 3.28. The lowest BCUT2D eigenvalue weighted by Gasteiger charge is -2.15. The fourth-order valence-electron chi connectivity index (χ4n) is 1.17. The molecule has 3 N–H and O–H groups in total. The molecule has 0 heterocycles. The van der Waals surface area contributed by atoms with E-state index in [4.69, 9.17) is 12.3 Å². The number of nitrogens with two attached hydrogens (primary N) is 1. The van der Waals surface area contributed by atoms with Crippen LogP contribution in [0.1, 0.15) is 18.0 Å². The van der Waals surface area contributed by atoms with Gasteiger partial charge in [-0.3, -0.25) is 11.3 Å². The monoisotopic (exact) mass is 256 g/mol. The van der Waals surface area contributed by atoms with Gasteiger partial charge in [0.05, 0.1) is 10.5 Å². The van der Waals surface area contributed by atoms with Gasteiger partial charge in [0.1, 0.15) is 5.82 Å². The van der Waals surface area contributed by atoms with Crippen LogP contribution in [0.2, 0.25) is 0 Å². The molecule has 1 atom stereocenters. The van der Waals surface area contributed by atoms with Crippen molar-refractivity contribution in [3.63, 3.8) is 0 Å². The van der Waals surface area contributed by atoms with Gasteiger partial charge in [0.2, 0.25) is 0 Å². The number of benzene rings is 1. The third-order valence-electron chi connectivity index (χ3n) is 1.88. The van der Waals surface area contributed by atoms with E-state index in [1.165, 1.54) is 6.07 Å². The molecule has 0 saturated heterocycles. The Labute approximate surface area is 90.8 Å². The molecule has 1 aromatic rings. The molecule has 74 valence electrons. The van der Waals surface area contributed by atoms with Gasteiger partial charge in [0.15, 0.2) is 0 Å². The minimum Gasteiger partial charge on any atom is -0.271 e. The van der Waals surface area contributed by atoms with Crippen molar-refractivity contribution in [2.24, 2.45) is 5.84 Å². The highest BCUT2D eigenvalue weighted by Crippen LogP contribution is 2.27. The Balaban J connectivity index is 3.05. The van der Waals surface area contributed by atoms with Crippen LogP contribution in [0.4, 0.5) is 4.39 Å². The molecule has 0 radical (unpaired) electrons. The zero-order valence-corrected chi connectivity index (χ0v) is 9.01. The number of hydrogen-bond donors (Lipinski definition) is 2. The Morgan fingerprint density at radius 2 is 2.36 bits per heavy atom. The SMILES string of the molecule is C#CCC(NN)c1cccc(F)c1Br. The first-order chi connectivity index (χ1) is 6.70. The summed E-state index contributed by atoms with van der Waals surface area (Å²) in [5.74, 6) is 7.48. The predicted molar refractivity (Wildman–Crippen MR) is 57.6 cm³/mol. The third-order valence-corrected chi connectivity index (χ3v) is 2.72. The molecule has 1 rings (SSSR count). The van der Waals surface area contributed by atoms with Gasteiger partial charge < -0.3 is 0 Å². The Morgan fingerprint density at radius 3 is 2.93 bits per heavy atom. The van der Waals surface area contributed by atoms with E-state index >= 15 is 0 Å². The highest BCUT2D eigenvalue weighted by molar-refractivity contribution is 9.10. The number of rotatable bonds is 3. The molecule has 1 aromatic carbocycles. The van der Waals surface area contributed by atoms with E-state index in [1.54, 1.807) is 12.1 Å². The smallest absolute Gasteiger partial charge is 0.137 e. The molecule has 0 aliphatic carbocycles. The van der Waals surface area contributed by atoms with Crippen molar-refractivity contribution >= 4 is 15.9 Å². The summed E-state index contributed by atoms with van der Waals surface area (Å²) < 4.78 is 13.6. The largest absolute Gasteiger partial charge is 0.271 e. The summed E-state index contributed by atoms with van der Waals surface area (Å²) in [5, 5.41) is 0. The second-order valence-corrected chi connectivity index (χ2v) is 3.56. The minimum atomic E-state index is -0.320. The van der Waals surface area contributed by atoms with Crippen LogP contribution < -0.4 is 11.3 Å². The molecule has 14 heavy (non-hydrogen) atoms. The van der Waals surface area contributed by atoms with Crippen LogP contribution in [0, 0.1) is 18.2 Å². The fourth-order valence-corrected chi connectivity index (χ4v) is 1.71. The first kappa shape index (κ1) is 11.2. The molecule has 4 heteroatoms. The Hall–Kier alpha value is -0.890. The summed E-state index contributed by atoms with van der Waals surface area (Å²) in [6, 6.07) is 4.53. The van der Waals surface area contributed by atoms with E-state index in [9.17, 15) is 4.39 Å². The third kappa shape index (κ3) is 2.32. The lowest BCUT2D eigenvalue weighted by atomic mass is 10.0. The van der Waals surface area contributed by atoms with Gasteiger partial charge in [-0.15, -0.1) is 12.3 Å². The van der Waals surface area contributed by atoms with Crippen molar-refractivity contribution in [2.75, 3.05) is 0 Å². The molecule has 0 aromatic heterocycles. The highest BCUT2D eigenvalue weighted by atomic mass is 79.9. The van der Waals surface area contributed by atoms with Gasteiger partial charge in [0.25, 0.3) is 0 Å². The van der Waals surface area contributed by atoms with Crippen molar-refractivity contribution in [1.82, 2.24) is 5.43 Å². The van der Waals surface area contributed by atoms with Gasteiger partial charge in [-0.05, 0) is 27.6 Å². The Morgan fingerprint density at radius 1 is 1.64 bits per heavy atom. The van der Waals surface area contributed by atoms with Crippen molar-refractivity contribution in [3.8, 4) is 12.3 Å². The molecular weight excluding hydrogens is 247 g/mol. The Bertz CT molecular complexity index is 360. The number of terminal acetylenes is 1. The summed E-state index contributed by atoms with van der Waals surface area (Å²) >= 11 is 3.15. The molecule has 0 saturated carbocycles. The number of hydrazine groups is 1. The first-order valence-electron chi connectivity index (χ1n) is 4.04. The zero-order valence-electron chi connectivity index (χ0n) is 7.43. The number of halogens is 2. The molecule has 0 bridgehead atoms. The molecule has 2 nitrogen and oxygen atoms in total. The van der Waals surface area contributed by atoms with Crippen LogP contribution in [0.25, 0.3) is 0 Å². The lowest BCUT2D eigenvalue weighted by molar-refractivity contribution is 0.554. The van der Waals surface area contributed by atoms with Crippen molar-refractivity contribution in [3.05, 3.63) is 34.1 Å². The van der Waals surface area contributed by atoms with Crippen LogP contribution in [0.5, 0.6) is 0 Å². The van der Waals surface area contributed by atoms with E-state index in [1.807, 2.05) is 0 Å². The van der Waals surface area contributed by atoms with Gasteiger partial charge in [-0.1, -0.05) is 12.1 Å². The molecule has 0 amide bonds. The summed E-state index contributed by atoms with van der Waals surface area (Å²) in [7, 11) is 0. The maximum atomic E-state index is 13.1. The average molecular weight is 257 g/mol. The molecule has 0 aliphatic heterocycles. The van der Waals surface area contributed by atoms with Crippen LogP contribution in [0.3, 0.4) is 0 Å². The van der Waals surface area contributed by atoms with Crippen LogP contribution >= 0.6 is 15.9 Å². The number of nitrogens with one attached hydrogen (secondary N) is 1. The van der Waals surface area contributed by atoms with Crippen molar-refractivity contribution in [2.45, 2.75) is 12.5 Å². The summed E-state index contributed by atoms with van der Waals surface area (Å²) in [6.07, 6.45) is 5.59. The van der Waals surface area contributed by atoms with Crippen LogP contribution in [-0.2, 0) is 0 Å². The van der Waals surface area contributed by atoms with Crippen molar-refractivity contribution < 1.29 is 4.39 Å². The van der Waals surface area contributed by atoms with Gasteiger partial charge in [-0.25, -0.2) is 4.39 Å². The van der Waals surface area contributed by atoms with E-state index in [0.717, 1.165) is 5.56 Å². The quantitative estimate of drug-likeness (QED) is 0.494. The van der Waals surface area contributed by atoms with E-state index in [-0.39, 0.29) is 11.9 Å². The minimum absolute atomic E-state index is 0.231. The standard InChI is InChI=1S/C10H10BrFN2/c1-2-4-9(14-13)7-5-3-6-8(12)10(7)11/h1,3,5-6,9,14H,4,13H2. The maximum Gasteiger partial charge on any atom is 0.137 e. The molecular formula is C10H10BrFN2. The molecule has 0 aliphatic rings. The van der Waals surface area contributed by atoms with Crippen LogP contribution in [-0.4, -0.2) is 0 Å². The lowest BCUT2D eigenvalue weighted by Crippen LogP contribution is -2.28. The topological polar surface area (TPSA) is 38.0 Å². The van der Waals surface area contributed by atoms with E-state index in [2.05, 4.69) is 27.3 Å². The van der Waals surface area contributed by atoms with E-state index in [0.29, 0.717) is 10.9 Å². The Kier molecular flexibility index (Phi) is 4.08. The average Bonchev–Trinajstić information content (AvgIpc) is 2.19. The van der Waals surface area contributed by atoms with Gasteiger partial charge in [-0.2, -0.15) is 0 Å². The summed E-state index contributed by atoms with van der Waals surface area (Å²) in [4.78, 5) is 0. The summed E-state index contributed by atoms with van der Waals surface area (Å²) in [6.45, 7) is 0.